The van der Waals surface area contributed by atoms with Crippen LogP contribution in [-0.4, -0.2) is 21.3 Å². The molecule has 18 heavy (non-hydrogen) atoms. The SMILES string of the molecule is CC1(C(=O)C2CCCc3cccnc32)CCCS1. The number of rotatable bonds is 2. The first-order chi connectivity index (χ1) is 8.71. The van der Waals surface area contributed by atoms with Gasteiger partial charge in [0.1, 0.15) is 0 Å². The number of nitrogens with zero attached hydrogens (tertiary/aromatic N) is 1. The second kappa shape index (κ2) is 4.69. The predicted molar refractivity (Wildman–Crippen MR) is 75.0 cm³/mol. The number of Topliss-reactive ketones (excluding diaryl/α,β-unsaturated/α-hetero) is 1. The lowest BCUT2D eigenvalue weighted by Crippen LogP contribution is -2.35. The lowest BCUT2D eigenvalue weighted by molar-refractivity contribution is -0.122. The van der Waals surface area contributed by atoms with E-state index in [0.717, 1.165) is 37.1 Å². The monoisotopic (exact) mass is 261 g/mol. The molecule has 2 heterocycles. The highest BCUT2D eigenvalue weighted by molar-refractivity contribution is 8.01. The third-order valence-corrected chi connectivity index (χ3v) is 5.79. The number of pyridine rings is 1. The van der Waals surface area contributed by atoms with Crippen molar-refractivity contribution in [3.05, 3.63) is 29.6 Å². The van der Waals surface area contributed by atoms with Gasteiger partial charge in [-0.2, -0.15) is 0 Å². The third-order valence-electron chi connectivity index (χ3n) is 4.25. The van der Waals surface area contributed by atoms with Crippen molar-refractivity contribution in [2.75, 3.05) is 5.75 Å². The summed E-state index contributed by atoms with van der Waals surface area (Å²) in [4.78, 5) is 17.3. The maximum atomic E-state index is 12.8. The Bertz CT molecular complexity index is 465. The van der Waals surface area contributed by atoms with Gasteiger partial charge in [-0.15, -0.1) is 11.8 Å². The maximum absolute atomic E-state index is 12.8. The molecule has 0 aromatic carbocycles. The van der Waals surface area contributed by atoms with Crippen LogP contribution in [0.3, 0.4) is 0 Å². The number of fused-ring (bicyclic) bond motifs is 1. The Kier molecular flexibility index (Phi) is 3.18. The molecule has 3 rings (SSSR count). The van der Waals surface area contributed by atoms with Gasteiger partial charge in [-0.25, -0.2) is 0 Å². The Morgan fingerprint density at radius 1 is 1.50 bits per heavy atom. The number of aromatic nitrogens is 1. The van der Waals surface area contributed by atoms with Gasteiger partial charge in [0.2, 0.25) is 0 Å². The summed E-state index contributed by atoms with van der Waals surface area (Å²) < 4.78 is -0.156. The topological polar surface area (TPSA) is 30.0 Å². The normalized spacial score (nSPS) is 31.1. The van der Waals surface area contributed by atoms with Crippen molar-refractivity contribution in [2.24, 2.45) is 0 Å². The standard InChI is InChI=1S/C15H19NOS/c1-15(8-4-10-18-15)14(17)12-7-2-5-11-6-3-9-16-13(11)12/h3,6,9,12H,2,4-5,7-8,10H2,1H3. The Labute approximate surface area is 113 Å². The van der Waals surface area contributed by atoms with Crippen LogP contribution in [-0.2, 0) is 11.2 Å². The summed E-state index contributed by atoms with van der Waals surface area (Å²) in [6.45, 7) is 2.13. The lowest BCUT2D eigenvalue weighted by Gasteiger charge is -2.30. The molecular weight excluding hydrogens is 242 g/mol. The molecule has 2 aliphatic rings. The molecule has 2 nitrogen and oxygen atoms in total. The molecule has 1 fully saturated rings. The Morgan fingerprint density at radius 2 is 2.39 bits per heavy atom. The number of carbonyl (C=O) groups excluding carboxylic acids is 1. The summed E-state index contributed by atoms with van der Waals surface area (Å²) >= 11 is 1.84. The molecule has 3 heteroatoms. The molecule has 1 aliphatic heterocycles. The first-order valence-electron chi connectivity index (χ1n) is 6.83. The van der Waals surface area contributed by atoms with Gasteiger partial charge in [0.05, 0.1) is 16.4 Å². The predicted octanol–water partition coefficient (Wildman–Crippen LogP) is 3.36. The molecular formula is C15H19NOS. The number of carbonyl (C=O) groups is 1. The highest BCUT2D eigenvalue weighted by Gasteiger charge is 2.42. The Morgan fingerprint density at radius 3 is 3.17 bits per heavy atom. The largest absolute Gasteiger partial charge is 0.297 e. The average molecular weight is 261 g/mol. The van der Waals surface area contributed by atoms with Crippen molar-refractivity contribution in [2.45, 2.75) is 49.7 Å². The minimum Gasteiger partial charge on any atom is -0.297 e. The van der Waals surface area contributed by atoms with Gasteiger partial charge in [-0.3, -0.25) is 9.78 Å². The second-order valence-electron chi connectivity index (χ2n) is 5.54. The number of thioether (sulfide) groups is 1. The quantitative estimate of drug-likeness (QED) is 0.817. The number of hydrogen-bond donors (Lipinski definition) is 0. The summed E-state index contributed by atoms with van der Waals surface area (Å²) in [6, 6.07) is 4.11. The van der Waals surface area contributed by atoms with Crippen molar-refractivity contribution < 1.29 is 4.79 Å². The summed E-state index contributed by atoms with van der Waals surface area (Å²) in [6.07, 6.45) is 7.23. The van der Waals surface area contributed by atoms with Crippen molar-refractivity contribution >= 4 is 17.5 Å². The van der Waals surface area contributed by atoms with E-state index in [-0.39, 0.29) is 10.7 Å². The van der Waals surface area contributed by atoms with E-state index < -0.39 is 0 Å². The van der Waals surface area contributed by atoms with Gasteiger partial charge in [-0.05, 0) is 56.4 Å². The van der Waals surface area contributed by atoms with Gasteiger partial charge < -0.3 is 0 Å². The van der Waals surface area contributed by atoms with Crippen LogP contribution in [0.2, 0.25) is 0 Å². The van der Waals surface area contributed by atoms with E-state index in [1.807, 2.05) is 24.0 Å². The van der Waals surface area contributed by atoms with E-state index in [1.54, 1.807) is 0 Å². The number of hydrogen-bond acceptors (Lipinski definition) is 3. The van der Waals surface area contributed by atoms with E-state index >= 15 is 0 Å². The van der Waals surface area contributed by atoms with Gasteiger partial charge in [0.15, 0.2) is 5.78 Å². The molecule has 2 atom stereocenters. The summed E-state index contributed by atoms with van der Waals surface area (Å²) in [5.74, 6) is 1.60. The zero-order valence-corrected chi connectivity index (χ0v) is 11.6. The molecule has 0 spiro atoms. The fourth-order valence-corrected chi connectivity index (χ4v) is 4.52. The van der Waals surface area contributed by atoms with E-state index in [2.05, 4.69) is 18.0 Å². The molecule has 96 valence electrons. The maximum Gasteiger partial charge on any atom is 0.157 e. The average Bonchev–Trinajstić information content (AvgIpc) is 2.85. The zero-order valence-electron chi connectivity index (χ0n) is 10.8. The molecule has 1 aliphatic carbocycles. The highest BCUT2D eigenvalue weighted by Crippen LogP contribution is 2.44. The van der Waals surface area contributed by atoms with Gasteiger partial charge in [0, 0.05) is 6.20 Å². The number of aryl methyl sites for hydroxylation is 1. The van der Waals surface area contributed by atoms with Crippen LogP contribution in [0.5, 0.6) is 0 Å². The summed E-state index contributed by atoms with van der Waals surface area (Å²) in [5.41, 5.74) is 2.34. The van der Waals surface area contributed by atoms with Gasteiger partial charge >= 0.3 is 0 Å². The van der Waals surface area contributed by atoms with Crippen molar-refractivity contribution in [1.82, 2.24) is 4.98 Å². The van der Waals surface area contributed by atoms with Crippen molar-refractivity contribution in [1.29, 1.82) is 0 Å². The smallest absolute Gasteiger partial charge is 0.157 e. The molecule has 1 saturated heterocycles. The van der Waals surface area contributed by atoms with E-state index in [4.69, 9.17) is 0 Å². The molecule has 1 aromatic heterocycles. The fraction of sp³-hybridized carbons (Fsp3) is 0.600. The molecule has 0 N–H and O–H groups in total. The minimum atomic E-state index is -0.156. The third kappa shape index (κ3) is 1.99. The minimum absolute atomic E-state index is 0.0468. The van der Waals surface area contributed by atoms with E-state index in [9.17, 15) is 4.79 Å². The first kappa shape index (κ1) is 12.2. The molecule has 2 unspecified atom stereocenters. The van der Waals surface area contributed by atoms with Crippen LogP contribution in [0.1, 0.15) is 49.8 Å². The fourth-order valence-electron chi connectivity index (χ4n) is 3.21. The Hall–Kier alpha value is -0.830. The molecule has 0 amide bonds. The zero-order chi connectivity index (χ0) is 12.6. The van der Waals surface area contributed by atoms with Crippen LogP contribution in [0.4, 0.5) is 0 Å². The van der Waals surface area contributed by atoms with Crippen LogP contribution < -0.4 is 0 Å². The van der Waals surface area contributed by atoms with Crippen LogP contribution in [0.15, 0.2) is 18.3 Å². The first-order valence-corrected chi connectivity index (χ1v) is 7.81. The highest BCUT2D eigenvalue weighted by atomic mass is 32.2. The van der Waals surface area contributed by atoms with Crippen molar-refractivity contribution in [3.8, 4) is 0 Å². The van der Waals surface area contributed by atoms with Crippen LogP contribution in [0.25, 0.3) is 0 Å². The summed E-state index contributed by atoms with van der Waals surface area (Å²) in [7, 11) is 0. The van der Waals surface area contributed by atoms with E-state index in [0.29, 0.717) is 5.78 Å². The molecule has 0 saturated carbocycles. The summed E-state index contributed by atoms with van der Waals surface area (Å²) in [5, 5.41) is 0. The van der Waals surface area contributed by atoms with Crippen LogP contribution in [0, 0.1) is 0 Å². The lowest BCUT2D eigenvalue weighted by atomic mass is 9.79. The second-order valence-corrected chi connectivity index (χ2v) is 7.14. The number of ketones is 1. The molecule has 1 aromatic rings. The van der Waals surface area contributed by atoms with Gasteiger partial charge in [-0.1, -0.05) is 6.07 Å². The van der Waals surface area contributed by atoms with Gasteiger partial charge in [0.25, 0.3) is 0 Å². The Balaban J connectivity index is 1.92. The van der Waals surface area contributed by atoms with E-state index in [1.165, 1.54) is 12.0 Å². The molecule has 0 radical (unpaired) electrons. The van der Waals surface area contributed by atoms with Crippen molar-refractivity contribution in [3.63, 3.8) is 0 Å². The van der Waals surface area contributed by atoms with Crippen LogP contribution >= 0.6 is 11.8 Å². The molecule has 0 bridgehead atoms.